The minimum atomic E-state index is -0.258. The Hall–Kier alpha value is -1.33. The van der Waals surface area contributed by atoms with Gasteiger partial charge in [0.15, 0.2) is 0 Å². The molecule has 0 saturated carbocycles. The molecule has 2 aliphatic rings. The van der Waals surface area contributed by atoms with Crippen molar-refractivity contribution in [3.8, 4) is 5.75 Å². The van der Waals surface area contributed by atoms with E-state index in [4.69, 9.17) is 4.74 Å². The maximum Gasteiger partial charge on any atom is 0.228 e. The van der Waals surface area contributed by atoms with Crippen LogP contribution in [0.5, 0.6) is 5.75 Å². The predicted octanol–water partition coefficient (Wildman–Crippen LogP) is 1.84. The highest BCUT2D eigenvalue weighted by Gasteiger charge is 2.31. The molecule has 1 aromatic carbocycles. The van der Waals surface area contributed by atoms with Crippen molar-refractivity contribution in [3.05, 3.63) is 30.1 Å². The third kappa shape index (κ3) is 3.86. The summed E-state index contributed by atoms with van der Waals surface area (Å²) in [6, 6.07) is 6.09. The van der Waals surface area contributed by atoms with Crippen LogP contribution in [0.3, 0.4) is 0 Å². The van der Waals surface area contributed by atoms with Crippen molar-refractivity contribution < 1.29 is 13.9 Å². The summed E-state index contributed by atoms with van der Waals surface area (Å²) < 4.78 is 18.6. The zero-order valence-corrected chi connectivity index (χ0v) is 12.6. The van der Waals surface area contributed by atoms with Crippen LogP contribution in [-0.2, 0) is 4.79 Å². The van der Waals surface area contributed by atoms with Crippen molar-refractivity contribution in [2.45, 2.75) is 18.9 Å². The average Bonchev–Trinajstić information content (AvgIpc) is 2.40. The summed E-state index contributed by atoms with van der Waals surface area (Å²) in [5.74, 6) is 0.875. The van der Waals surface area contributed by atoms with Crippen molar-refractivity contribution >= 4 is 18.3 Å². The maximum absolute atomic E-state index is 12.8. The molecule has 0 spiro atoms. The minimum Gasteiger partial charge on any atom is -0.490 e. The number of rotatable bonds is 3. The van der Waals surface area contributed by atoms with E-state index in [1.807, 2.05) is 4.90 Å². The molecule has 1 amide bonds. The van der Waals surface area contributed by atoms with Gasteiger partial charge in [0, 0.05) is 39.0 Å². The first kappa shape index (κ1) is 16.0. The zero-order valence-electron chi connectivity index (χ0n) is 11.8. The van der Waals surface area contributed by atoms with Gasteiger partial charge in [0.05, 0.1) is 5.92 Å². The van der Waals surface area contributed by atoms with Gasteiger partial charge < -0.3 is 15.0 Å². The molecule has 0 bridgehead atoms. The third-order valence-electron chi connectivity index (χ3n) is 4.00. The van der Waals surface area contributed by atoms with Crippen molar-refractivity contribution in [1.29, 1.82) is 0 Å². The number of ether oxygens (including phenoxy) is 1. The normalized spacial score (nSPS) is 19.6. The fourth-order valence-corrected chi connectivity index (χ4v) is 2.62. The Bertz CT molecular complexity index is 471. The number of piperidine rings is 1. The van der Waals surface area contributed by atoms with E-state index >= 15 is 0 Å². The van der Waals surface area contributed by atoms with Gasteiger partial charge in [-0.3, -0.25) is 4.79 Å². The highest BCUT2D eigenvalue weighted by atomic mass is 35.5. The average molecular weight is 315 g/mol. The van der Waals surface area contributed by atoms with Gasteiger partial charge in [-0.1, -0.05) is 0 Å². The van der Waals surface area contributed by atoms with E-state index in [1.54, 1.807) is 12.1 Å². The van der Waals surface area contributed by atoms with Crippen LogP contribution in [0, 0.1) is 11.7 Å². The van der Waals surface area contributed by atoms with E-state index in [2.05, 4.69) is 5.32 Å². The molecule has 6 heteroatoms. The molecule has 0 radical (unpaired) electrons. The molecule has 0 atom stereocenters. The van der Waals surface area contributed by atoms with Crippen LogP contribution in [0.2, 0.25) is 0 Å². The quantitative estimate of drug-likeness (QED) is 0.925. The van der Waals surface area contributed by atoms with Gasteiger partial charge in [0.1, 0.15) is 17.7 Å². The number of likely N-dealkylation sites (tertiary alicyclic amines) is 1. The van der Waals surface area contributed by atoms with E-state index in [-0.39, 0.29) is 36.2 Å². The SMILES string of the molecule is Cl.O=C(C1CNC1)N1CCC(Oc2ccc(F)cc2)CC1. The molecule has 2 heterocycles. The highest BCUT2D eigenvalue weighted by Crippen LogP contribution is 2.21. The van der Waals surface area contributed by atoms with Crippen molar-refractivity contribution in [3.63, 3.8) is 0 Å². The Morgan fingerprint density at radius 3 is 2.33 bits per heavy atom. The smallest absolute Gasteiger partial charge is 0.228 e. The number of nitrogens with zero attached hydrogens (tertiary/aromatic N) is 1. The second-order valence-corrected chi connectivity index (χ2v) is 5.45. The molecular weight excluding hydrogens is 295 g/mol. The number of carbonyl (C=O) groups excluding carboxylic acids is 1. The van der Waals surface area contributed by atoms with E-state index in [0.717, 1.165) is 39.0 Å². The number of hydrogen-bond donors (Lipinski definition) is 1. The second-order valence-electron chi connectivity index (χ2n) is 5.45. The van der Waals surface area contributed by atoms with Gasteiger partial charge in [0.2, 0.25) is 5.91 Å². The van der Waals surface area contributed by atoms with Crippen LogP contribution >= 0.6 is 12.4 Å². The molecule has 2 aliphatic heterocycles. The van der Waals surface area contributed by atoms with E-state index in [1.165, 1.54) is 12.1 Å². The largest absolute Gasteiger partial charge is 0.490 e. The summed E-state index contributed by atoms with van der Waals surface area (Å²) >= 11 is 0. The zero-order chi connectivity index (χ0) is 13.9. The van der Waals surface area contributed by atoms with Crippen molar-refractivity contribution in [1.82, 2.24) is 10.2 Å². The van der Waals surface area contributed by atoms with Gasteiger partial charge in [-0.25, -0.2) is 4.39 Å². The standard InChI is InChI=1S/C15H19FN2O2.ClH/c16-12-1-3-13(4-2-12)20-14-5-7-18(8-6-14)15(19)11-9-17-10-11;/h1-4,11,14,17H,5-10H2;1H. The summed E-state index contributed by atoms with van der Waals surface area (Å²) in [5.41, 5.74) is 0. The van der Waals surface area contributed by atoms with Crippen LogP contribution in [0.15, 0.2) is 24.3 Å². The number of halogens is 2. The van der Waals surface area contributed by atoms with Gasteiger partial charge in [0.25, 0.3) is 0 Å². The highest BCUT2D eigenvalue weighted by molar-refractivity contribution is 5.85. The number of benzene rings is 1. The first-order valence-corrected chi connectivity index (χ1v) is 7.14. The van der Waals surface area contributed by atoms with Crippen LogP contribution in [0.1, 0.15) is 12.8 Å². The lowest BCUT2D eigenvalue weighted by atomic mass is 9.99. The molecule has 0 aromatic heterocycles. The minimum absolute atomic E-state index is 0. The van der Waals surface area contributed by atoms with E-state index in [0.29, 0.717) is 5.75 Å². The molecule has 1 N–H and O–H groups in total. The molecule has 0 aliphatic carbocycles. The third-order valence-corrected chi connectivity index (χ3v) is 4.00. The Morgan fingerprint density at radius 2 is 1.81 bits per heavy atom. The number of amides is 1. The molecule has 0 unspecified atom stereocenters. The fourth-order valence-electron chi connectivity index (χ4n) is 2.62. The number of hydrogen-bond acceptors (Lipinski definition) is 3. The monoisotopic (exact) mass is 314 g/mol. The Kier molecular flexibility index (Phi) is 5.42. The fraction of sp³-hybridized carbons (Fsp3) is 0.533. The van der Waals surface area contributed by atoms with Gasteiger partial charge in [-0.15, -0.1) is 12.4 Å². The van der Waals surface area contributed by atoms with E-state index < -0.39 is 0 Å². The van der Waals surface area contributed by atoms with Crippen LogP contribution in [-0.4, -0.2) is 43.1 Å². The summed E-state index contributed by atoms with van der Waals surface area (Å²) in [7, 11) is 0. The van der Waals surface area contributed by atoms with E-state index in [9.17, 15) is 9.18 Å². The summed E-state index contributed by atoms with van der Waals surface area (Å²) in [4.78, 5) is 14.0. The number of carbonyl (C=O) groups is 1. The molecule has 116 valence electrons. The van der Waals surface area contributed by atoms with Crippen LogP contribution in [0.4, 0.5) is 4.39 Å². The summed E-state index contributed by atoms with van der Waals surface area (Å²) in [5, 5.41) is 3.12. The molecular formula is C15H20ClFN2O2. The lowest BCUT2D eigenvalue weighted by molar-refractivity contribution is -0.138. The summed E-state index contributed by atoms with van der Waals surface area (Å²) in [6.45, 7) is 3.12. The predicted molar refractivity (Wildman–Crippen MR) is 80.2 cm³/mol. The maximum atomic E-state index is 12.8. The lowest BCUT2D eigenvalue weighted by Gasteiger charge is -2.36. The van der Waals surface area contributed by atoms with Gasteiger partial charge in [-0.05, 0) is 24.3 Å². The molecule has 2 saturated heterocycles. The molecule has 4 nitrogen and oxygen atoms in total. The van der Waals surface area contributed by atoms with Gasteiger partial charge >= 0.3 is 0 Å². The Labute approximate surface area is 130 Å². The molecule has 3 rings (SSSR count). The molecule has 1 aromatic rings. The first-order chi connectivity index (χ1) is 9.72. The molecule has 21 heavy (non-hydrogen) atoms. The van der Waals surface area contributed by atoms with Crippen LogP contribution in [0.25, 0.3) is 0 Å². The summed E-state index contributed by atoms with van der Waals surface area (Å²) in [6.07, 6.45) is 1.79. The topological polar surface area (TPSA) is 41.6 Å². The van der Waals surface area contributed by atoms with Crippen molar-refractivity contribution in [2.24, 2.45) is 5.92 Å². The first-order valence-electron chi connectivity index (χ1n) is 7.14. The number of nitrogens with one attached hydrogen (secondary N) is 1. The second kappa shape index (κ2) is 7.09. The van der Waals surface area contributed by atoms with Gasteiger partial charge in [-0.2, -0.15) is 0 Å². The van der Waals surface area contributed by atoms with Crippen LogP contribution < -0.4 is 10.1 Å². The Balaban J connectivity index is 0.00000161. The Morgan fingerprint density at radius 1 is 1.19 bits per heavy atom. The lowest BCUT2D eigenvalue weighted by Crippen LogP contribution is -2.54. The molecule has 2 fully saturated rings. The van der Waals surface area contributed by atoms with Crippen molar-refractivity contribution in [2.75, 3.05) is 26.2 Å².